The van der Waals surface area contributed by atoms with Gasteiger partial charge in [-0.2, -0.15) is 0 Å². The van der Waals surface area contributed by atoms with Crippen LogP contribution in [0.2, 0.25) is 0 Å². The lowest BCUT2D eigenvalue weighted by Crippen LogP contribution is -2.32. The van der Waals surface area contributed by atoms with Crippen LogP contribution in [-0.2, 0) is 27.2 Å². The van der Waals surface area contributed by atoms with Gasteiger partial charge in [0.1, 0.15) is 0 Å². The second-order valence-electron chi connectivity index (χ2n) is 7.21. The summed E-state index contributed by atoms with van der Waals surface area (Å²) in [6.45, 7) is 1.54. The quantitative estimate of drug-likeness (QED) is 0.331. The molecule has 11 heteroatoms. The number of hydrogen-bond donors (Lipinski definition) is 4. The summed E-state index contributed by atoms with van der Waals surface area (Å²) in [6.07, 6.45) is 4.84. The number of aliphatic carboxylic acids is 2. The second kappa shape index (κ2) is 12.2. The Labute approximate surface area is 184 Å². The Morgan fingerprint density at radius 3 is 2.31 bits per heavy atom. The standard InChI is InChI=1S/C17H22N4O2.C4H4O4.H2O/c1-20(2)7-6-13-10-18-15-4-3-12(9-14(13)15)5-8-21-16(22)11-19-17(21)23;5-3(6)1-2-4(7)8;/h3-4,9-10,18H,5-8,11H2,1-2H3,(H,19,23);1-2H,(H,5,6)(H,7,8);1H2/b;2-1-;. The van der Waals surface area contributed by atoms with Crippen molar-refractivity contribution in [2.75, 3.05) is 33.7 Å². The number of aromatic nitrogens is 1. The highest BCUT2D eigenvalue weighted by Crippen LogP contribution is 2.21. The topological polar surface area (TPSA) is 175 Å². The molecular weight excluding hydrogens is 420 g/mol. The van der Waals surface area contributed by atoms with Crippen molar-refractivity contribution in [2.45, 2.75) is 12.8 Å². The van der Waals surface area contributed by atoms with Crippen LogP contribution in [0.3, 0.4) is 0 Å². The Kier molecular flexibility index (Phi) is 10.1. The third-order valence-corrected chi connectivity index (χ3v) is 4.59. The fourth-order valence-corrected chi connectivity index (χ4v) is 3.00. The second-order valence-corrected chi connectivity index (χ2v) is 7.21. The fraction of sp³-hybridized carbons (Fsp3) is 0.333. The number of urea groups is 1. The van der Waals surface area contributed by atoms with Crippen molar-refractivity contribution in [3.8, 4) is 0 Å². The van der Waals surface area contributed by atoms with E-state index in [0.717, 1.165) is 24.0 Å². The van der Waals surface area contributed by atoms with Gasteiger partial charge in [0.2, 0.25) is 5.91 Å². The molecule has 0 aliphatic carbocycles. The molecule has 0 bridgehead atoms. The van der Waals surface area contributed by atoms with E-state index in [1.807, 2.05) is 6.07 Å². The van der Waals surface area contributed by atoms with E-state index in [0.29, 0.717) is 25.1 Å². The van der Waals surface area contributed by atoms with Gasteiger partial charge < -0.3 is 30.9 Å². The maximum absolute atomic E-state index is 11.6. The molecule has 1 aromatic carbocycles. The third-order valence-electron chi connectivity index (χ3n) is 4.59. The van der Waals surface area contributed by atoms with Crippen molar-refractivity contribution >= 4 is 34.8 Å². The van der Waals surface area contributed by atoms with Gasteiger partial charge >= 0.3 is 18.0 Å². The summed E-state index contributed by atoms with van der Waals surface area (Å²) in [7, 11) is 4.14. The van der Waals surface area contributed by atoms with Crippen molar-refractivity contribution in [3.05, 3.63) is 47.7 Å². The predicted molar refractivity (Wildman–Crippen MR) is 117 cm³/mol. The number of nitrogens with zero attached hydrogens (tertiary/aromatic N) is 2. The van der Waals surface area contributed by atoms with Crippen LogP contribution in [0.5, 0.6) is 0 Å². The molecule has 1 aliphatic heterocycles. The molecule has 1 saturated heterocycles. The van der Waals surface area contributed by atoms with Crippen LogP contribution in [0.1, 0.15) is 11.1 Å². The number of H-pyrrole nitrogens is 1. The van der Waals surface area contributed by atoms with Gasteiger partial charge in [0.05, 0.1) is 6.54 Å². The molecule has 1 aromatic heterocycles. The number of likely N-dealkylation sites (N-methyl/N-ethyl adjacent to an activating group) is 1. The summed E-state index contributed by atoms with van der Waals surface area (Å²) in [5, 5.41) is 19.4. The summed E-state index contributed by atoms with van der Waals surface area (Å²) >= 11 is 0. The van der Waals surface area contributed by atoms with E-state index in [4.69, 9.17) is 10.2 Å². The van der Waals surface area contributed by atoms with E-state index in [2.05, 4.69) is 47.6 Å². The van der Waals surface area contributed by atoms with Crippen LogP contribution in [0.25, 0.3) is 10.9 Å². The van der Waals surface area contributed by atoms with Gasteiger partial charge in [-0.1, -0.05) is 6.07 Å². The zero-order valence-electron chi connectivity index (χ0n) is 17.9. The van der Waals surface area contributed by atoms with Gasteiger partial charge in [-0.25, -0.2) is 14.4 Å². The predicted octanol–water partition coefficient (Wildman–Crippen LogP) is 0.253. The van der Waals surface area contributed by atoms with Crippen LogP contribution in [0, 0.1) is 0 Å². The van der Waals surface area contributed by atoms with Gasteiger partial charge in [-0.3, -0.25) is 9.69 Å². The number of amides is 3. The first-order chi connectivity index (χ1) is 14.7. The maximum atomic E-state index is 11.6. The van der Waals surface area contributed by atoms with E-state index in [1.165, 1.54) is 15.8 Å². The Morgan fingerprint density at radius 2 is 1.78 bits per heavy atom. The van der Waals surface area contributed by atoms with Crippen molar-refractivity contribution in [2.24, 2.45) is 0 Å². The Morgan fingerprint density at radius 1 is 1.12 bits per heavy atom. The number of carbonyl (C=O) groups excluding carboxylic acids is 2. The summed E-state index contributed by atoms with van der Waals surface area (Å²) < 4.78 is 0. The molecule has 1 aliphatic rings. The molecule has 1 fully saturated rings. The maximum Gasteiger partial charge on any atom is 0.328 e. The minimum absolute atomic E-state index is 0. The normalized spacial score (nSPS) is 13.2. The van der Waals surface area contributed by atoms with Crippen molar-refractivity contribution in [3.63, 3.8) is 0 Å². The smallest absolute Gasteiger partial charge is 0.328 e. The molecule has 32 heavy (non-hydrogen) atoms. The summed E-state index contributed by atoms with van der Waals surface area (Å²) in [6, 6.07) is 5.99. The Balaban J connectivity index is 0.000000491. The van der Waals surface area contributed by atoms with Gasteiger partial charge in [0, 0.05) is 42.3 Å². The van der Waals surface area contributed by atoms with Crippen LogP contribution in [0.15, 0.2) is 36.5 Å². The molecule has 3 amide bonds. The van der Waals surface area contributed by atoms with Gasteiger partial charge in [-0.05, 0) is 50.2 Å². The highest BCUT2D eigenvalue weighted by Gasteiger charge is 2.27. The van der Waals surface area contributed by atoms with Crippen LogP contribution in [-0.4, -0.2) is 88.1 Å². The molecule has 0 saturated carbocycles. The molecule has 0 atom stereocenters. The van der Waals surface area contributed by atoms with Gasteiger partial charge in [-0.15, -0.1) is 0 Å². The molecule has 2 aromatic rings. The molecule has 2 heterocycles. The first-order valence-electron chi connectivity index (χ1n) is 9.63. The average Bonchev–Trinajstić information content (AvgIpc) is 3.26. The zero-order valence-corrected chi connectivity index (χ0v) is 17.9. The van der Waals surface area contributed by atoms with E-state index >= 15 is 0 Å². The highest BCUT2D eigenvalue weighted by atomic mass is 16.4. The Bertz CT molecular complexity index is 965. The molecule has 0 unspecified atom stereocenters. The third kappa shape index (κ3) is 7.85. The number of fused-ring (bicyclic) bond motifs is 1. The van der Waals surface area contributed by atoms with E-state index in [9.17, 15) is 19.2 Å². The lowest BCUT2D eigenvalue weighted by atomic mass is 10.1. The first-order valence-corrected chi connectivity index (χ1v) is 9.63. The number of hydrogen-bond acceptors (Lipinski definition) is 5. The average molecular weight is 448 g/mol. The molecule has 3 rings (SSSR count). The van der Waals surface area contributed by atoms with E-state index in [1.54, 1.807) is 0 Å². The van der Waals surface area contributed by atoms with Gasteiger partial charge in [0.25, 0.3) is 0 Å². The fourth-order valence-electron chi connectivity index (χ4n) is 3.00. The van der Waals surface area contributed by atoms with Crippen LogP contribution < -0.4 is 5.32 Å². The van der Waals surface area contributed by atoms with Crippen LogP contribution in [0.4, 0.5) is 4.79 Å². The van der Waals surface area contributed by atoms with E-state index < -0.39 is 11.9 Å². The number of aromatic amines is 1. The number of rotatable bonds is 8. The molecular formula is C21H28N4O7. The number of carboxylic acids is 2. The minimum atomic E-state index is -1.26. The summed E-state index contributed by atoms with van der Waals surface area (Å²) in [5.74, 6) is -2.66. The lowest BCUT2D eigenvalue weighted by Gasteiger charge is -2.12. The van der Waals surface area contributed by atoms with Crippen molar-refractivity contribution < 1.29 is 34.9 Å². The monoisotopic (exact) mass is 448 g/mol. The number of nitrogens with one attached hydrogen (secondary N) is 2. The number of benzene rings is 1. The highest BCUT2D eigenvalue weighted by molar-refractivity contribution is 6.01. The van der Waals surface area contributed by atoms with Crippen LogP contribution >= 0.6 is 0 Å². The summed E-state index contributed by atoms with van der Waals surface area (Å²) in [5.41, 5.74) is 3.55. The van der Waals surface area contributed by atoms with Gasteiger partial charge in [0.15, 0.2) is 0 Å². The molecule has 11 nitrogen and oxygen atoms in total. The Hall–Kier alpha value is -3.70. The largest absolute Gasteiger partial charge is 0.478 e. The number of carbonyl (C=O) groups is 4. The molecule has 6 N–H and O–H groups in total. The molecule has 174 valence electrons. The lowest BCUT2D eigenvalue weighted by molar-refractivity contribution is -0.134. The SMILES string of the molecule is CN(C)CCc1c[nH]c2ccc(CCN3C(=O)CNC3=O)cc12.O.O=C(O)/C=C\C(=O)O. The molecule has 0 radical (unpaired) electrons. The minimum Gasteiger partial charge on any atom is -0.478 e. The van der Waals surface area contributed by atoms with Crippen molar-refractivity contribution in [1.29, 1.82) is 0 Å². The molecule has 0 spiro atoms. The summed E-state index contributed by atoms with van der Waals surface area (Å²) in [4.78, 5) is 49.0. The number of imide groups is 1. The van der Waals surface area contributed by atoms with Crippen molar-refractivity contribution in [1.82, 2.24) is 20.1 Å². The van der Waals surface area contributed by atoms with E-state index in [-0.39, 0.29) is 24.0 Å². The zero-order chi connectivity index (χ0) is 23.0. The first kappa shape index (κ1) is 26.3. The number of carboxylic acid groups (broad SMARTS) is 2.